The van der Waals surface area contributed by atoms with E-state index in [1.54, 1.807) is 12.1 Å². The summed E-state index contributed by atoms with van der Waals surface area (Å²) < 4.78 is 28.0. The van der Waals surface area contributed by atoms with E-state index in [-0.39, 0.29) is 24.3 Å². The zero-order valence-corrected chi connectivity index (χ0v) is 26.8. The summed E-state index contributed by atoms with van der Waals surface area (Å²) in [6.07, 6.45) is 2.13. The van der Waals surface area contributed by atoms with Crippen molar-refractivity contribution in [2.24, 2.45) is 0 Å². The molecule has 0 spiro atoms. The van der Waals surface area contributed by atoms with E-state index in [0.717, 1.165) is 38.1 Å². The molecule has 7 nitrogen and oxygen atoms in total. The van der Waals surface area contributed by atoms with Gasteiger partial charge in [0, 0.05) is 24.0 Å². The second kappa shape index (κ2) is 14.1. The predicted molar refractivity (Wildman–Crippen MR) is 169 cm³/mol. The molecule has 3 aromatic rings. The standard InChI is InChI=1S/C32H40BrN3O4S/c1-6-20-34-31(38)29(21-24-10-8-7-9-11-24)35(22-25-12-16-27(33)17-13-25)30(37)23-36(41(5,39)40)28-18-14-26(15-19-28)32(2,3)4/h7-19,29H,6,20-23H2,1-5H3,(H,34,38)/t29-/m0/s1. The van der Waals surface area contributed by atoms with E-state index in [2.05, 4.69) is 42.0 Å². The molecule has 0 aliphatic carbocycles. The SMILES string of the molecule is CCCNC(=O)[C@H](Cc1ccccc1)N(Cc1ccc(Br)cc1)C(=O)CN(c1ccc(C(C)(C)C)cc1)S(C)(=O)=O. The Labute approximate surface area is 253 Å². The van der Waals surface area contributed by atoms with Crippen molar-refractivity contribution in [3.8, 4) is 0 Å². The normalized spacial score (nSPS) is 12.4. The lowest BCUT2D eigenvalue weighted by molar-refractivity contribution is -0.140. The van der Waals surface area contributed by atoms with Crippen LogP contribution in [0.25, 0.3) is 0 Å². The molecular formula is C32H40BrN3O4S. The first kappa shape index (κ1) is 32.3. The van der Waals surface area contributed by atoms with Crippen molar-refractivity contribution in [2.75, 3.05) is 23.7 Å². The first-order valence-corrected chi connectivity index (χ1v) is 16.4. The average molecular weight is 643 g/mol. The highest BCUT2D eigenvalue weighted by molar-refractivity contribution is 9.10. The van der Waals surface area contributed by atoms with Crippen molar-refractivity contribution in [3.63, 3.8) is 0 Å². The topological polar surface area (TPSA) is 86.8 Å². The third-order valence-electron chi connectivity index (χ3n) is 6.79. The van der Waals surface area contributed by atoms with Gasteiger partial charge in [-0.15, -0.1) is 0 Å². The Hall–Kier alpha value is -3.17. The van der Waals surface area contributed by atoms with E-state index in [1.165, 1.54) is 4.90 Å². The minimum Gasteiger partial charge on any atom is -0.354 e. The van der Waals surface area contributed by atoms with Crippen LogP contribution in [-0.2, 0) is 38.0 Å². The van der Waals surface area contributed by atoms with Gasteiger partial charge in [-0.25, -0.2) is 8.42 Å². The molecule has 1 atom stereocenters. The number of amides is 2. The number of anilines is 1. The molecule has 0 aliphatic rings. The number of hydrogen-bond acceptors (Lipinski definition) is 4. The minimum absolute atomic E-state index is 0.109. The summed E-state index contributed by atoms with van der Waals surface area (Å²) in [6.45, 7) is 8.38. The van der Waals surface area contributed by atoms with Crippen LogP contribution in [-0.4, -0.2) is 50.5 Å². The van der Waals surface area contributed by atoms with Crippen LogP contribution in [0, 0.1) is 0 Å². The zero-order chi connectivity index (χ0) is 30.2. The van der Waals surface area contributed by atoms with E-state index in [9.17, 15) is 18.0 Å². The molecule has 41 heavy (non-hydrogen) atoms. The van der Waals surface area contributed by atoms with Crippen LogP contribution in [0.2, 0.25) is 0 Å². The maximum absolute atomic E-state index is 14.1. The number of carbonyl (C=O) groups excluding carboxylic acids is 2. The summed E-state index contributed by atoms with van der Waals surface area (Å²) in [5.41, 5.74) is 3.06. The molecule has 0 bridgehead atoms. The molecule has 0 saturated carbocycles. The summed E-state index contributed by atoms with van der Waals surface area (Å²) in [6, 6.07) is 23.4. The second-order valence-corrected chi connectivity index (χ2v) is 14.0. The molecular weight excluding hydrogens is 602 g/mol. The Bertz CT molecular complexity index is 1400. The Morgan fingerprint density at radius 3 is 2.05 bits per heavy atom. The molecule has 2 amide bonds. The van der Waals surface area contributed by atoms with Gasteiger partial charge in [-0.05, 0) is 52.8 Å². The lowest BCUT2D eigenvalue weighted by atomic mass is 9.87. The number of nitrogens with zero attached hydrogens (tertiary/aromatic N) is 2. The van der Waals surface area contributed by atoms with Crippen molar-refractivity contribution in [1.82, 2.24) is 10.2 Å². The van der Waals surface area contributed by atoms with Gasteiger partial charge in [0.05, 0.1) is 11.9 Å². The summed E-state index contributed by atoms with van der Waals surface area (Å²) in [5, 5.41) is 2.95. The maximum Gasteiger partial charge on any atom is 0.244 e. The number of hydrogen-bond donors (Lipinski definition) is 1. The Morgan fingerprint density at radius 2 is 1.51 bits per heavy atom. The lowest BCUT2D eigenvalue weighted by Crippen LogP contribution is -2.53. The predicted octanol–water partition coefficient (Wildman–Crippen LogP) is 5.68. The first-order valence-electron chi connectivity index (χ1n) is 13.7. The molecule has 0 radical (unpaired) electrons. The van der Waals surface area contributed by atoms with Crippen molar-refractivity contribution >= 4 is 43.5 Å². The fourth-order valence-corrected chi connectivity index (χ4v) is 5.56. The van der Waals surface area contributed by atoms with E-state index >= 15 is 0 Å². The largest absolute Gasteiger partial charge is 0.354 e. The van der Waals surface area contributed by atoms with Crippen molar-refractivity contribution in [3.05, 3.63) is 100 Å². The number of carbonyl (C=O) groups is 2. The van der Waals surface area contributed by atoms with Crippen LogP contribution in [0.15, 0.2) is 83.3 Å². The van der Waals surface area contributed by atoms with Crippen molar-refractivity contribution < 1.29 is 18.0 Å². The van der Waals surface area contributed by atoms with Crippen LogP contribution in [0.5, 0.6) is 0 Å². The van der Waals surface area contributed by atoms with Gasteiger partial charge in [0.1, 0.15) is 12.6 Å². The molecule has 9 heteroatoms. The van der Waals surface area contributed by atoms with Gasteiger partial charge in [-0.2, -0.15) is 0 Å². The van der Waals surface area contributed by atoms with Crippen LogP contribution < -0.4 is 9.62 Å². The van der Waals surface area contributed by atoms with Crippen molar-refractivity contribution in [1.29, 1.82) is 0 Å². The highest BCUT2D eigenvalue weighted by atomic mass is 79.9. The van der Waals surface area contributed by atoms with Gasteiger partial charge >= 0.3 is 0 Å². The highest BCUT2D eigenvalue weighted by Gasteiger charge is 2.33. The average Bonchev–Trinajstić information content (AvgIpc) is 2.92. The maximum atomic E-state index is 14.1. The molecule has 0 unspecified atom stereocenters. The highest BCUT2D eigenvalue weighted by Crippen LogP contribution is 2.26. The Kier molecular flexibility index (Phi) is 11.2. The van der Waals surface area contributed by atoms with Gasteiger partial charge in [0.25, 0.3) is 0 Å². The van der Waals surface area contributed by atoms with Gasteiger partial charge in [-0.3, -0.25) is 13.9 Å². The van der Waals surface area contributed by atoms with Gasteiger partial charge < -0.3 is 10.2 Å². The Morgan fingerprint density at radius 1 is 0.902 bits per heavy atom. The molecule has 0 fully saturated rings. The number of halogens is 1. The van der Waals surface area contributed by atoms with E-state index in [4.69, 9.17) is 0 Å². The zero-order valence-electron chi connectivity index (χ0n) is 24.4. The minimum atomic E-state index is -3.81. The molecule has 0 heterocycles. The second-order valence-electron chi connectivity index (χ2n) is 11.2. The summed E-state index contributed by atoms with van der Waals surface area (Å²) in [7, 11) is -3.81. The monoisotopic (exact) mass is 641 g/mol. The quantitative estimate of drug-likeness (QED) is 0.276. The molecule has 3 rings (SSSR count). The van der Waals surface area contributed by atoms with Crippen LogP contribution >= 0.6 is 15.9 Å². The number of sulfonamides is 1. The summed E-state index contributed by atoms with van der Waals surface area (Å²) in [4.78, 5) is 29.2. The first-order chi connectivity index (χ1) is 19.3. The molecule has 1 N–H and O–H groups in total. The number of rotatable bonds is 12. The fourth-order valence-electron chi connectivity index (χ4n) is 4.45. The molecule has 3 aromatic carbocycles. The number of benzene rings is 3. The van der Waals surface area contributed by atoms with E-state index < -0.39 is 28.5 Å². The third kappa shape index (κ3) is 9.43. The van der Waals surface area contributed by atoms with Crippen LogP contribution in [0.1, 0.15) is 50.8 Å². The smallest absolute Gasteiger partial charge is 0.244 e. The van der Waals surface area contributed by atoms with Gasteiger partial charge in [0.15, 0.2) is 0 Å². The lowest BCUT2D eigenvalue weighted by Gasteiger charge is -2.33. The van der Waals surface area contributed by atoms with E-state index in [1.807, 2.05) is 73.7 Å². The third-order valence-corrected chi connectivity index (χ3v) is 8.46. The fraction of sp³-hybridized carbons (Fsp3) is 0.375. The van der Waals surface area contributed by atoms with Crippen LogP contribution in [0.4, 0.5) is 5.69 Å². The molecule has 0 aliphatic heterocycles. The van der Waals surface area contributed by atoms with Gasteiger partial charge in [-0.1, -0.05) is 98.2 Å². The Balaban J connectivity index is 2.03. The van der Waals surface area contributed by atoms with Crippen molar-refractivity contribution in [2.45, 2.75) is 58.5 Å². The van der Waals surface area contributed by atoms with Crippen LogP contribution in [0.3, 0.4) is 0 Å². The number of nitrogens with one attached hydrogen (secondary N) is 1. The molecule has 220 valence electrons. The van der Waals surface area contributed by atoms with Gasteiger partial charge in [0.2, 0.25) is 21.8 Å². The van der Waals surface area contributed by atoms with E-state index in [0.29, 0.717) is 12.2 Å². The summed E-state index contributed by atoms with van der Waals surface area (Å²) in [5.74, 6) is -0.743. The summed E-state index contributed by atoms with van der Waals surface area (Å²) >= 11 is 3.45. The molecule has 0 aromatic heterocycles. The molecule has 0 saturated heterocycles.